The maximum Gasteiger partial charge on any atom is 0.132 e. The molecule has 1 aromatic rings. The molecule has 1 heterocycles. The SMILES string of the molecule is C=CCN(CCO)c1cc(CC)ncn1. The van der Waals surface area contributed by atoms with E-state index in [-0.39, 0.29) is 6.61 Å². The minimum Gasteiger partial charge on any atom is -0.395 e. The van der Waals surface area contributed by atoms with Crippen LogP contribution in [-0.2, 0) is 6.42 Å². The molecule has 0 fully saturated rings. The molecule has 0 atom stereocenters. The van der Waals surface area contributed by atoms with Crippen LogP contribution in [0.5, 0.6) is 0 Å². The Bertz CT molecular complexity index is 314. The average molecular weight is 207 g/mol. The molecule has 1 aromatic heterocycles. The Morgan fingerprint density at radius 3 is 2.93 bits per heavy atom. The van der Waals surface area contributed by atoms with Gasteiger partial charge in [-0.3, -0.25) is 0 Å². The van der Waals surface area contributed by atoms with E-state index in [4.69, 9.17) is 5.11 Å². The second kappa shape index (κ2) is 6.14. The van der Waals surface area contributed by atoms with Crippen LogP contribution in [0.15, 0.2) is 25.0 Å². The van der Waals surface area contributed by atoms with Crippen molar-refractivity contribution in [2.45, 2.75) is 13.3 Å². The van der Waals surface area contributed by atoms with Gasteiger partial charge in [0.2, 0.25) is 0 Å². The van der Waals surface area contributed by atoms with Crippen molar-refractivity contribution < 1.29 is 5.11 Å². The molecule has 0 aromatic carbocycles. The predicted octanol–water partition coefficient (Wildman–Crippen LogP) is 1.02. The summed E-state index contributed by atoms with van der Waals surface area (Å²) in [4.78, 5) is 10.3. The summed E-state index contributed by atoms with van der Waals surface area (Å²) in [5.41, 5.74) is 1.01. The molecular formula is C11H17N3O. The fourth-order valence-electron chi connectivity index (χ4n) is 1.33. The van der Waals surface area contributed by atoms with Crippen molar-refractivity contribution in [1.82, 2.24) is 9.97 Å². The van der Waals surface area contributed by atoms with Crippen molar-refractivity contribution in [1.29, 1.82) is 0 Å². The zero-order valence-corrected chi connectivity index (χ0v) is 9.06. The molecule has 0 saturated carbocycles. The minimum atomic E-state index is 0.110. The third-order valence-corrected chi connectivity index (χ3v) is 2.11. The molecule has 0 aliphatic carbocycles. The van der Waals surface area contributed by atoms with E-state index in [1.54, 1.807) is 12.4 Å². The van der Waals surface area contributed by atoms with Gasteiger partial charge in [-0.25, -0.2) is 9.97 Å². The molecular weight excluding hydrogens is 190 g/mol. The number of nitrogens with zero attached hydrogens (tertiary/aromatic N) is 3. The van der Waals surface area contributed by atoms with Gasteiger partial charge in [-0.2, -0.15) is 0 Å². The second-order valence-corrected chi connectivity index (χ2v) is 3.18. The lowest BCUT2D eigenvalue weighted by molar-refractivity contribution is 0.302. The Labute approximate surface area is 90.3 Å². The lowest BCUT2D eigenvalue weighted by atomic mass is 10.3. The Morgan fingerprint density at radius 1 is 1.53 bits per heavy atom. The predicted molar refractivity (Wildman–Crippen MR) is 60.9 cm³/mol. The molecule has 15 heavy (non-hydrogen) atoms. The summed E-state index contributed by atoms with van der Waals surface area (Å²) < 4.78 is 0. The summed E-state index contributed by atoms with van der Waals surface area (Å²) in [5, 5.41) is 8.93. The van der Waals surface area contributed by atoms with Crippen LogP contribution in [0.1, 0.15) is 12.6 Å². The van der Waals surface area contributed by atoms with Gasteiger partial charge in [0.25, 0.3) is 0 Å². The van der Waals surface area contributed by atoms with E-state index in [0.29, 0.717) is 13.1 Å². The van der Waals surface area contributed by atoms with Gasteiger partial charge in [-0.1, -0.05) is 13.0 Å². The second-order valence-electron chi connectivity index (χ2n) is 3.18. The highest BCUT2D eigenvalue weighted by atomic mass is 16.3. The van der Waals surface area contributed by atoms with E-state index in [0.717, 1.165) is 17.9 Å². The number of aryl methyl sites for hydroxylation is 1. The van der Waals surface area contributed by atoms with Crippen LogP contribution in [0.4, 0.5) is 5.82 Å². The number of rotatable bonds is 6. The number of anilines is 1. The molecule has 4 heteroatoms. The fourth-order valence-corrected chi connectivity index (χ4v) is 1.33. The summed E-state index contributed by atoms with van der Waals surface area (Å²) in [6.45, 7) is 7.09. The minimum absolute atomic E-state index is 0.110. The summed E-state index contributed by atoms with van der Waals surface area (Å²) >= 11 is 0. The van der Waals surface area contributed by atoms with Gasteiger partial charge in [0.1, 0.15) is 12.1 Å². The first-order chi connectivity index (χ1) is 7.31. The lowest BCUT2D eigenvalue weighted by Crippen LogP contribution is -2.27. The van der Waals surface area contributed by atoms with Crippen molar-refractivity contribution in [3.05, 3.63) is 30.7 Å². The van der Waals surface area contributed by atoms with E-state index in [1.165, 1.54) is 0 Å². The van der Waals surface area contributed by atoms with Crippen molar-refractivity contribution in [3.8, 4) is 0 Å². The maximum atomic E-state index is 8.93. The molecule has 82 valence electrons. The highest BCUT2D eigenvalue weighted by molar-refractivity contribution is 5.39. The third kappa shape index (κ3) is 3.32. The fraction of sp³-hybridized carbons (Fsp3) is 0.455. The van der Waals surface area contributed by atoms with Gasteiger partial charge in [-0.15, -0.1) is 6.58 Å². The quantitative estimate of drug-likeness (QED) is 0.708. The van der Waals surface area contributed by atoms with Crippen LogP contribution >= 0.6 is 0 Å². The largest absolute Gasteiger partial charge is 0.395 e. The van der Waals surface area contributed by atoms with E-state index in [2.05, 4.69) is 23.5 Å². The van der Waals surface area contributed by atoms with E-state index in [1.807, 2.05) is 11.0 Å². The van der Waals surface area contributed by atoms with Crippen LogP contribution in [0.3, 0.4) is 0 Å². The molecule has 0 aliphatic rings. The first kappa shape index (κ1) is 11.7. The Balaban J connectivity index is 2.83. The molecule has 0 bridgehead atoms. The molecule has 0 unspecified atom stereocenters. The molecule has 0 amide bonds. The summed E-state index contributed by atoms with van der Waals surface area (Å²) in [7, 11) is 0. The average Bonchev–Trinajstić information content (AvgIpc) is 2.29. The van der Waals surface area contributed by atoms with Gasteiger partial charge in [0.05, 0.1) is 6.61 Å². The molecule has 0 radical (unpaired) electrons. The molecule has 0 saturated heterocycles. The van der Waals surface area contributed by atoms with E-state index in [9.17, 15) is 0 Å². The van der Waals surface area contributed by atoms with E-state index >= 15 is 0 Å². The van der Waals surface area contributed by atoms with Crippen LogP contribution < -0.4 is 4.90 Å². The number of hydrogen-bond acceptors (Lipinski definition) is 4. The standard InChI is InChI=1S/C11H17N3O/c1-3-5-14(6-7-15)11-8-10(4-2)12-9-13-11/h3,8-9,15H,1,4-7H2,2H3. The molecule has 1 rings (SSSR count). The molecule has 0 aliphatic heterocycles. The molecule has 4 nitrogen and oxygen atoms in total. The lowest BCUT2D eigenvalue weighted by Gasteiger charge is -2.20. The topological polar surface area (TPSA) is 49.2 Å². The highest BCUT2D eigenvalue weighted by Gasteiger charge is 2.06. The zero-order valence-electron chi connectivity index (χ0n) is 9.06. The molecule has 1 N–H and O–H groups in total. The Morgan fingerprint density at radius 2 is 2.33 bits per heavy atom. The van der Waals surface area contributed by atoms with Gasteiger partial charge < -0.3 is 10.0 Å². The van der Waals surface area contributed by atoms with Gasteiger partial charge in [0.15, 0.2) is 0 Å². The van der Waals surface area contributed by atoms with Gasteiger partial charge in [0, 0.05) is 24.8 Å². The Hall–Kier alpha value is -1.42. The smallest absolute Gasteiger partial charge is 0.132 e. The summed E-state index contributed by atoms with van der Waals surface area (Å²) in [5.74, 6) is 0.843. The maximum absolute atomic E-state index is 8.93. The van der Waals surface area contributed by atoms with Gasteiger partial charge >= 0.3 is 0 Å². The summed E-state index contributed by atoms with van der Waals surface area (Å²) in [6, 6.07) is 1.94. The van der Waals surface area contributed by atoms with Crippen molar-refractivity contribution in [3.63, 3.8) is 0 Å². The van der Waals surface area contributed by atoms with Crippen molar-refractivity contribution >= 4 is 5.82 Å². The molecule has 0 spiro atoms. The van der Waals surface area contributed by atoms with Crippen molar-refractivity contribution in [2.75, 3.05) is 24.6 Å². The number of hydrogen-bond donors (Lipinski definition) is 1. The number of aliphatic hydroxyl groups is 1. The monoisotopic (exact) mass is 207 g/mol. The number of aliphatic hydroxyl groups excluding tert-OH is 1. The first-order valence-corrected chi connectivity index (χ1v) is 5.09. The van der Waals surface area contributed by atoms with Crippen LogP contribution in [0, 0.1) is 0 Å². The van der Waals surface area contributed by atoms with Crippen molar-refractivity contribution in [2.24, 2.45) is 0 Å². The van der Waals surface area contributed by atoms with E-state index < -0.39 is 0 Å². The Kier molecular flexibility index (Phi) is 4.77. The van der Waals surface area contributed by atoms with Gasteiger partial charge in [-0.05, 0) is 6.42 Å². The zero-order chi connectivity index (χ0) is 11.1. The normalized spacial score (nSPS) is 10.0. The van der Waals surface area contributed by atoms with Crippen LogP contribution in [-0.4, -0.2) is 34.8 Å². The number of aromatic nitrogens is 2. The summed E-state index contributed by atoms with van der Waals surface area (Å²) in [6.07, 6.45) is 4.24. The first-order valence-electron chi connectivity index (χ1n) is 5.09. The third-order valence-electron chi connectivity index (χ3n) is 2.11. The van der Waals surface area contributed by atoms with Crippen LogP contribution in [0.2, 0.25) is 0 Å². The highest BCUT2D eigenvalue weighted by Crippen LogP contribution is 2.10. The van der Waals surface area contributed by atoms with Crippen LogP contribution in [0.25, 0.3) is 0 Å².